The Labute approximate surface area is 292 Å². The van der Waals surface area contributed by atoms with Gasteiger partial charge in [-0.2, -0.15) is 8.42 Å². The average Bonchev–Trinajstić information content (AvgIpc) is 3.03. The molecule has 0 bridgehead atoms. The van der Waals surface area contributed by atoms with Gasteiger partial charge in [0.2, 0.25) is 5.91 Å². The second kappa shape index (κ2) is 34.7. The molecule has 0 rings (SSSR count). The fraction of sp³-hybridized carbons (Fsp3) is 0.875. The van der Waals surface area contributed by atoms with Gasteiger partial charge in [0.25, 0.3) is 10.1 Å². The lowest BCUT2D eigenvalue weighted by Gasteiger charge is -2.23. The summed E-state index contributed by atoms with van der Waals surface area (Å²) in [7, 11) is -4.31. The van der Waals surface area contributed by atoms with Crippen molar-refractivity contribution in [3.05, 3.63) is 24.3 Å². The van der Waals surface area contributed by atoms with Gasteiger partial charge in [0.05, 0.1) is 17.9 Å². The number of hydrogen-bond donors (Lipinski definition) is 3. The fourth-order valence-electron chi connectivity index (χ4n) is 6.13. The van der Waals surface area contributed by atoms with Gasteiger partial charge < -0.3 is 10.4 Å². The molecule has 0 heterocycles. The topological polar surface area (TPSA) is 104 Å². The van der Waals surface area contributed by atoms with E-state index in [0.717, 1.165) is 64.2 Å². The fourth-order valence-corrected chi connectivity index (χ4v) is 6.89. The zero-order valence-corrected chi connectivity index (χ0v) is 31.7. The molecule has 0 saturated carbocycles. The molecule has 6 nitrogen and oxygen atoms in total. The Kier molecular flexibility index (Phi) is 33.8. The van der Waals surface area contributed by atoms with E-state index in [2.05, 4.69) is 43.5 Å². The van der Waals surface area contributed by atoms with Gasteiger partial charge in [0.15, 0.2) is 0 Å². The van der Waals surface area contributed by atoms with E-state index >= 15 is 0 Å². The normalized spacial score (nSPS) is 13.5. The van der Waals surface area contributed by atoms with Gasteiger partial charge in [-0.15, -0.1) is 0 Å². The highest BCUT2D eigenvalue weighted by molar-refractivity contribution is 7.85. The van der Waals surface area contributed by atoms with Gasteiger partial charge in [0.1, 0.15) is 0 Å². The number of hydrogen-bond acceptors (Lipinski definition) is 4. The Balaban J connectivity index is 3.90. The van der Waals surface area contributed by atoms with Crippen molar-refractivity contribution in [3.63, 3.8) is 0 Å². The molecule has 0 aromatic rings. The van der Waals surface area contributed by atoms with Crippen molar-refractivity contribution in [3.8, 4) is 0 Å². The molecule has 0 aromatic heterocycles. The largest absolute Gasteiger partial charge is 0.391 e. The molecule has 1 amide bonds. The highest BCUT2D eigenvalue weighted by Crippen LogP contribution is 2.16. The second-order valence-electron chi connectivity index (χ2n) is 13.9. The number of carbonyl (C=O) groups is 1. The minimum atomic E-state index is -4.31. The number of amides is 1. The van der Waals surface area contributed by atoms with Crippen molar-refractivity contribution >= 4 is 16.0 Å². The summed E-state index contributed by atoms with van der Waals surface area (Å²) in [5, 5.41) is 13.3. The van der Waals surface area contributed by atoms with E-state index in [1.54, 1.807) is 0 Å². The number of allylic oxidation sites excluding steroid dienone is 4. The number of aliphatic hydroxyl groups excluding tert-OH is 1. The molecule has 7 heteroatoms. The third-order valence-corrected chi connectivity index (χ3v) is 9.94. The predicted molar refractivity (Wildman–Crippen MR) is 202 cm³/mol. The zero-order chi connectivity index (χ0) is 34.7. The first-order valence-electron chi connectivity index (χ1n) is 20.0. The smallest absolute Gasteiger partial charge is 0.266 e. The number of rotatable bonds is 36. The molecule has 0 aliphatic rings. The van der Waals surface area contributed by atoms with E-state index in [1.165, 1.54) is 116 Å². The molecule has 3 N–H and O–H groups in total. The molecule has 0 spiro atoms. The van der Waals surface area contributed by atoms with E-state index in [4.69, 9.17) is 0 Å². The van der Waals surface area contributed by atoms with Crippen LogP contribution in [0.1, 0.15) is 206 Å². The van der Waals surface area contributed by atoms with Crippen LogP contribution in [0.25, 0.3) is 0 Å². The van der Waals surface area contributed by atoms with Crippen molar-refractivity contribution in [2.45, 2.75) is 219 Å². The Morgan fingerprint density at radius 2 is 0.957 bits per heavy atom. The zero-order valence-electron chi connectivity index (χ0n) is 30.9. The van der Waals surface area contributed by atoms with Crippen LogP contribution in [0.2, 0.25) is 0 Å². The molecule has 0 aliphatic heterocycles. The Bertz CT molecular complexity index is 842. The second-order valence-corrected chi connectivity index (χ2v) is 15.4. The Morgan fingerprint density at radius 3 is 1.40 bits per heavy atom. The summed E-state index contributed by atoms with van der Waals surface area (Å²) in [5.74, 6) is -0.910. The van der Waals surface area contributed by atoms with E-state index in [-0.39, 0.29) is 5.91 Å². The van der Waals surface area contributed by atoms with Crippen LogP contribution >= 0.6 is 0 Å². The highest BCUT2D eigenvalue weighted by atomic mass is 32.2. The third kappa shape index (κ3) is 35.9. The van der Waals surface area contributed by atoms with Crippen molar-refractivity contribution in [2.24, 2.45) is 0 Å². The first-order chi connectivity index (χ1) is 22.8. The SMILES string of the molecule is CCCCCC/C=C\C/C=C\CCCCCCCC(=O)NC(CS(=O)(=O)O)C(O)CCCCCCCCCCCCCCCCCC. The summed E-state index contributed by atoms with van der Waals surface area (Å²) in [5.41, 5.74) is 0. The molecule has 2 unspecified atom stereocenters. The molecule has 0 fully saturated rings. The standard InChI is InChI=1S/C40H77NO5S/c1-3-5-7-9-11-13-15-17-19-21-23-25-27-29-31-33-35-39(42)38(37-47(44,45)46)41-40(43)36-34-32-30-28-26-24-22-20-18-16-14-12-10-8-6-4-2/h14,16,20,22,38-39,42H,3-13,15,17-19,21,23-37H2,1-2H3,(H,41,43)(H,44,45,46)/b16-14-,22-20-. The van der Waals surface area contributed by atoms with Crippen LogP contribution in [0.3, 0.4) is 0 Å². The molecular formula is C40H77NO5S. The van der Waals surface area contributed by atoms with Crippen LogP contribution in [0.5, 0.6) is 0 Å². The maximum atomic E-state index is 12.5. The lowest BCUT2D eigenvalue weighted by Crippen LogP contribution is -2.47. The molecule has 47 heavy (non-hydrogen) atoms. The van der Waals surface area contributed by atoms with Gasteiger partial charge in [-0.05, 0) is 44.9 Å². The predicted octanol–water partition coefficient (Wildman–Crippen LogP) is 11.6. The van der Waals surface area contributed by atoms with E-state index in [0.29, 0.717) is 12.8 Å². The van der Waals surface area contributed by atoms with Crippen LogP contribution in [-0.4, -0.2) is 41.9 Å². The van der Waals surface area contributed by atoms with Crippen molar-refractivity contribution in [1.29, 1.82) is 0 Å². The monoisotopic (exact) mass is 684 g/mol. The highest BCUT2D eigenvalue weighted by Gasteiger charge is 2.26. The lowest BCUT2D eigenvalue weighted by molar-refractivity contribution is -0.122. The van der Waals surface area contributed by atoms with E-state index in [9.17, 15) is 22.9 Å². The average molecular weight is 684 g/mol. The van der Waals surface area contributed by atoms with Crippen molar-refractivity contribution in [1.82, 2.24) is 5.32 Å². The maximum Gasteiger partial charge on any atom is 0.266 e. The molecule has 278 valence electrons. The lowest BCUT2D eigenvalue weighted by atomic mass is 10.0. The van der Waals surface area contributed by atoms with Gasteiger partial charge in [-0.3, -0.25) is 9.35 Å². The molecule has 0 saturated heterocycles. The number of unbranched alkanes of at least 4 members (excludes halogenated alkanes) is 24. The van der Waals surface area contributed by atoms with E-state index in [1.807, 2.05) is 0 Å². The van der Waals surface area contributed by atoms with Crippen LogP contribution in [-0.2, 0) is 14.9 Å². The van der Waals surface area contributed by atoms with Crippen molar-refractivity contribution < 1.29 is 22.9 Å². The van der Waals surface area contributed by atoms with Crippen LogP contribution in [0, 0.1) is 0 Å². The van der Waals surface area contributed by atoms with E-state index < -0.39 is 28.0 Å². The molecular weight excluding hydrogens is 607 g/mol. The minimum Gasteiger partial charge on any atom is -0.391 e. The van der Waals surface area contributed by atoms with Gasteiger partial charge in [-0.1, -0.05) is 179 Å². The van der Waals surface area contributed by atoms with Crippen molar-refractivity contribution in [2.75, 3.05) is 5.75 Å². The first kappa shape index (κ1) is 45.8. The summed E-state index contributed by atoms with van der Waals surface area (Å²) in [6.45, 7) is 4.50. The number of aliphatic hydroxyl groups is 1. The molecule has 0 radical (unpaired) electrons. The number of nitrogens with one attached hydrogen (secondary N) is 1. The van der Waals surface area contributed by atoms with Crippen LogP contribution in [0.4, 0.5) is 0 Å². The molecule has 0 aromatic carbocycles. The quantitative estimate of drug-likeness (QED) is 0.0346. The van der Waals surface area contributed by atoms with Crippen LogP contribution < -0.4 is 5.32 Å². The Hall–Kier alpha value is -1.18. The minimum absolute atomic E-state index is 0.258. The van der Waals surface area contributed by atoms with Gasteiger partial charge in [-0.25, -0.2) is 0 Å². The Morgan fingerprint density at radius 1 is 0.574 bits per heavy atom. The van der Waals surface area contributed by atoms with Crippen LogP contribution in [0.15, 0.2) is 24.3 Å². The maximum absolute atomic E-state index is 12.5. The summed E-state index contributed by atoms with van der Waals surface area (Å²) >= 11 is 0. The number of carbonyl (C=O) groups excluding carboxylic acids is 1. The first-order valence-corrected chi connectivity index (χ1v) is 21.6. The third-order valence-electron chi connectivity index (χ3n) is 9.16. The summed E-state index contributed by atoms with van der Waals surface area (Å²) in [6.07, 6.45) is 42.6. The van der Waals surface area contributed by atoms with Gasteiger partial charge in [0, 0.05) is 6.42 Å². The summed E-state index contributed by atoms with van der Waals surface area (Å²) in [6, 6.07) is -0.975. The molecule has 2 atom stereocenters. The molecule has 0 aliphatic carbocycles. The van der Waals surface area contributed by atoms with Gasteiger partial charge >= 0.3 is 0 Å². The summed E-state index contributed by atoms with van der Waals surface area (Å²) in [4.78, 5) is 12.5. The summed E-state index contributed by atoms with van der Waals surface area (Å²) < 4.78 is 32.5.